The summed E-state index contributed by atoms with van der Waals surface area (Å²) in [6.07, 6.45) is 5.76. The molecule has 3 rings (SSSR count). The van der Waals surface area contributed by atoms with Crippen LogP contribution in [0.15, 0.2) is 16.3 Å². The van der Waals surface area contributed by atoms with Gasteiger partial charge in [-0.05, 0) is 55.8 Å². The number of fused-ring (bicyclic) bond motifs is 3. The molecule has 0 aliphatic heterocycles. The molecule has 106 valence electrons. The van der Waals surface area contributed by atoms with Gasteiger partial charge in [0.05, 0.1) is 11.3 Å². The Morgan fingerprint density at radius 2 is 1.89 bits per heavy atom. The molecule has 0 aromatic heterocycles. The maximum absolute atomic E-state index is 11.2. The second-order valence-electron chi connectivity index (χ2n) is 7.75. The minimum atomic E-state index is -0.748. The van der Waals surface area contributed by atoms with Crippen LogP contribution in [-0.4, -0.2) is 21.6 Å². The summed E-state index contributed by atoms with van der Waals surface area (Å²) in [4.78, 5) is 0. The minimum absolute atomic E-state index is 0.225. The average molecular weight is 263 g/mol. The Kier molecular flexibility index (Phi) is 2.83. The second kappa shape index (κ2) is 4.08. The normalized spacial score (nSPS) is 48.3. The van der Waals surface area contributed by atoms with Crippen LogP contribution >= 0.6 is 0 Å². The van der Waals surface area contributed by atoms with E-state index in [4.69, 9.17) is 0 Å². The van der Waals surface area contributed by atoms with Crippen LogP contribution in [0.25, 0.3) is 0 Å². The number of hydrogen-bond acceptors (Lipinski definition) is 3. The van der Waals surface area contributed by atoms with Crippen LogP contribution in [0.1, 0.15) is 59.3 Å². The highest BCUT2D eigenvalue weighted by atomic mass is 16.4. The largest absolute Gasteiger partial charge is 0.411 e. The Bertz CT molecular complexity index is 467. The minimum Gasteiger partial charge on any atom is -0.411 e. The van der Waals surface area contributed by atoms with Gasteiger partial charge in [-0.2, -0.15) is 0 Å². The van der Waals surface area contributed by atoms with E-state index in [2.05, 4.69) is 25.9 Å². The average Bonchev–Trinajstić information content (AvgIpc) is 2.23. The fraction of sp³-hybridized carbons (Fsp3) is 0.812. The van der Waals surface area contributed by atoms with E-state index in [-0.39, 0.29) is 5.41 Å². The highest BCUT2D eigenvalue weighted by Gasteiger charge is 2.52. The third-order valence-electron chi connectivity index (χ3n) is 5.25. The zero-order valence-corrected chi connectivity index (χ0v) is 12.2. The van der Waals surface area contributed by atoms with Gasteiger partial charge in [0.15, 0.2) is 0 Å². The molecule has 2 bridgehead atoms. The van der Waals surface area contributed by atoms with E-state index in [1.165, 1.54) is 12.0 Å². The molecule has 4 unspecified atom stereocenters. The summed E-state index contributed by atoms with van der Waals surface area (Å²) in [5, 5.41) is 24.0. The lowest BCUT2D eigenvalue weighted by Crippen LogP contribution is -2.51. The van der Waals surface area contributed by atoms with Crippen LogP contribution in [0.2, 0.25) is 0 Å². The maximum atomic E-state index is 11.2. The van der Waals surface area contributed by atoms with Crippen molar-refractivity contribution in [1.29, 1.82) is 0 Å². The molecular formula is C16H25NO2. The van der Waals surface area contributed by atoms with Gasteiger partial charge in [-0.1, -0.05) is 31.5 Å². The lowest BCUT2D eigenvalue weighted by atomic mass is 9.54. The Balaban J connectivity index is 2.12. The predicted molar refractivity (Wildman–Crippen MR) is 75.3 cm³/mol. The van der Waals surface area contributed by atoms with Gasteiger partial charge < -0.3 is 10.3 Å². The smallest absolute Gasteiger partial charge is 0.0922 e. The van der Waals surface area contributed by atoms with E-state index in [0.29, 0.717) is 11.8 Å². The molecule has 1 saturated carbocycles. The molecule has 4 atom stereocenters. The monoisotopic (exact) mass is 263 g/mol. The molecule has 0 radical (unpaired) electrons. The van der Waals surface area contributed by atoms with E-state index in [1.54, 1.807) is 0 Å². The molecular weight excluding hydrogens is 238 g/mol. The van der Waals surface area contributed by atoms with Crippen molar-refractivity contribution < 1.29 is 10.3 Å². The lowest BCUT2D eigenvalue weighted by Gasteiger charge is -2.53. The van der Waals surface area contributed by atoms with E-state index >= 15 is 0 Å². The molecule has 19 heavy (non-hydrogen) atoms. The molecule has 3 aliphatic carbocycles. The van der Waals surface area contributed by atoms with E-state index in [0.717, 1.165) is 43.4 Å². The van der Waals surface area contributed by atoms with Crippen molar-refractivity contribution in [1.82, 2.24) is 0 Å². The van der Waals surface area contributed by atoms with E-state index in [1.807, 2.05) is 0 Å². The zero-order valence-electron chi connectivity index (χ0n) is 12.2. The molecule has 0 saturated heterocycles. The first-order valence-electron chi connectivity index (χ1n) is 7.51. The summed E-state index contributed by atoms with van der Waals surface area (Å²) in [6.45, 7) is 6.75. The quantitative estimate of drug-likeness (QED) is 0.519. The number of oxime groups is 1. The van der Waals surface area contributed by atoms with Crippen LogP contribution in [0.3, 0.4) is 0 Å². The van der Waals surface area contributed by atoms with Crippen molar-refractivity contribution in [3.63, 3.8) is 0 Å². The van der Waals surface area contributed by atoms with Crippen molar-refractivity contribution in [3.05, 3.63) is 11.1 Å². The zero-order chi connectivity index (χ0) is 13.8. The summed E-state index contributed by atoms with van der Waals surface area (Å²) < 4.78 is 0. The molecule has 1 fully saturated rings. The standard InChI is InChI=1S/C16H25NO2/c1-10-4-12-8-15(3)6-11(2)7-16(18,9-15)14(12)13(5-10)17-19/h10-11,18-19H,4-9H2,1-3H3/b17-13+. The van der Waals surface area contributed by atoms with Crippen molar-refractivity contribution >= 4 is 5.71 Å². The molecule has 3 nitrogen and oxygen atoms in total. The fourth-order valence-electron chi connectivity index (χ4n) is 5.26. The van der Waals surface area contributed by atoms with Crippen molar-refractivity contribution in [3.8, 4) is 0 Å². The first kappa shape index (κ1) is 13.2. The van der Waals surface area contributed by atoms with Crippen LogP contribution < -0.4 is 0 Å². The molecule has 0 aromatic carbocycles. The van der Waals surface area contributed by atoms with E-state index in [9.17, 15) is 10.3 Å². The van der Waals surface area contributed by atoms with Crippen LogP contribution in [0.5, 0.6) is 0 Å². The summed E-state index contributed by atoms with van der Waals surface area (Å²) in [7, 11) is 0. The highest BCUT2D eigenvalue weighted by molar-refractivity contribution is 6.03. The van der Waals surface area contributed by atoms with Crippen molar-refractivity contribution in [2.45, 2.75) is 64.9 Å². The molecule has 3 aliphatic rings. The van der Waals surface area contributed by atoms with Gasteiger partial charge in [-0.15, -0.1) is 0 Å². The Morgan fingerprint density at radius 3 is 2.58 bits per heavy atom. The van der Waals surface area contributed by atoms with Crippen molar-refractivity contribution in [2.24, 2.45) is 22.4 Å². The molecule has 3 heteroatoms. The first-order valence-corrected chi connectivity index (χ1v) is 7.51. The Labute approximate surface area is 115 Å². The van der Waals surface area contributed by atoms with Gasteiger partial charge >= 0.3 is 0 Å². The van der Waals surface area contributed by atoms with Gasteiger partial charge in [0.2, 0.25) is 0 Å². The number of aliphatic hydroxyl groups is 1. The first-order chi connectivity index (χ1) is 8.85. The fourth-order valence-corrected chi connectivity index (χ4v) is 5.26. The lowest BCUT2D eigenvalue weighted by molar-refractivity contribution is -0.0451. The maximum Gasteiger partial charge on any atom is 0.0922 e. The van der Waals surface area contributed by atoms with Gasteiger partial charge in [-0.25, -0.2) is 0 Å². The number of rotatable bonds is 0. The molecule has 0 amide bonds. The Hall–Kier alpha value is -0.830. The number of allylic oxidation sites excluding steroid dienone is 1. The summed E-state index contributed by atoms with van der Waals surface area (Å²) >= 11 is 0. The summed E-state index contributed by atoms with van der Waals surface area (Å²) in [5.41, 5.74) is 2.57. The van der Waals surface area contributed by atoms with Gasteiger partial charge in [0.1, 0.15) is 0 Å². The second-order valence-corrected chi connectivity index (χ2v) is 7.75. The van der Waals surface area contributed by atoms with Gasteiger partial charge in [-0.3, -0.25) is 0 Å². The topological polar surface area (TPSA) is 52.8 Å². The molecule has 0 heterocycles. The van der Waals surface area contributed by atoms with Crippen LogP contribution in [0, 0.1) is 17.3 Å². The van der Waals surface area contributed by atoms with E-state index < -0.39 is 5.60 Å². The summed E-state index contributed by atoms with van der Waals surface area (Å²) in [5.74, 6) is 1.06. The summed E-state index contributed by atoms with van der Waals surface area (Å²) in [6, 6.07) is 0. The molecule has 0 spiro atoms. The van der Waals surface area contributed by atoms with Crippen molar-refractivity contribution in [2.75, 3.05) is 0 Å². The van der Waals surface area contributed by atoms with Crippen LogP contribution in [0.4, 0.5) is 0 Å². The van der Waals surface area contributed by atoms with Gasteiger partial charge in [0, 0.05) is 5.57 Å². The molecule has 2 N–H and O–H groups in total. The number of nitrogens with zero attached hydrogens (tertiary/aromatic N) is 1. The van der Waals surface area contributed by atoms with Crippen LogP contribution in [-0.2, 0) is 0 Å². The third kappa shape index (κ3) is 2.03. The van der Waals surface area contributed by atoms with Gasteiger partial charge in [0.25, 0.3) is 0 Å². The predicted octanol–water partition coefficient (Wildman–Crippen LogP) is 3.50. The highest BCUT2D eigenvalue weighted by Crippen LogP contribution is 2.57. The SMILES string of the molecule is CC1CC2=C(/C(=N/O)C1)C1(O)CC(C)CC(C)(C2)C1. The Morgan fingerprint density at radius 1 is 1.16 bits per heavy atom. The third-order valence-corrected chi connectivity index (χ3v) is 5.25. The molecule has 0 aromatic rings. The number of hydrogen-bond donors (Lipinski definition) is 2.